The number of ether oxygens (including phenoxy) is 1. The predicted octanol–water partition coefficient (Wildman–Crippen LogP) is 2.35. The molecule has 6 nitrogen and oxygen atoms in total. The van der Waals surface area contributed by atoms with Gasteiger partial charge in [-0.2, -0.15) is 5.26 Å². The zero-order chi connectivity index (χ0) is 18.4. The molecule has 1 aliphatic rings. The van der Waals surface area contributed by atoms with Gasteiger partial charge in [0.15, 0.2) is 0 Å². The van der Waals surface area contributed by atoms with Gasteiger partial charge in [-0.3, -0.25) is 9.59 Å². The van der Waals surface area contributed by atoms with Crippen LogP contribution in [0.3, 0.4) is 0 Å². The summed E-state index contributed by atoms with van der Waals surface area (Å²) in [5.74, 6) is 0.0741. The Morgan fingerprint density at radius 2 is 2.24 bits per heavy atom. The first-order chi connectivity index (χ1) is 12.0. The van der Waals surface area contributed by atoms with Crippen LogP contribution < -0.4 is 10.1 Å². The van der Waals surface area contributed by atoms with Crippen LogP contribution in [0.4, 0.5) is 0 Å². The van der Waals surface area contributed by atoms with Gasteiger partial charge in [-0.15, -0.1) is 0 Å². The van der Waals surface area contributed by atoms with Gasteiger partial charge in [-0.25, -0.2) is 0 Å². The minimum Gasteiger partial charge on any atom is -0.497 e. The molecule has 2 unspecified atom stereocenters. The second kappa shape index (κ2) is 8.52. The van der Waals surface area contributed by atoms with Gasteiger partial charge in [0.25, 0.3) is 5.91 Å². The lowest BCUT2D eigenvalue weighted by molar-refractivity contribution is -0.134. The standard InChI is InChI=1S/C19H25N3O3/c1-4-13(2)17(19(24)22-10-6-8-15(22)12-20)21-18(23)14-7-5-9-16(11-14)25-3/h5,7,9,11,13,15,17H,4,6,8,10H2,1-3H3,(H,21,23)/t13?,15?,17-/m0/s1. The number of amides is 2. The molecule has 1 saturated heterocycles. The monoisotopic (exact) mass is 343 g/mol. The minimum atomic E-state index is -0.641. The molecule has 6 heteroatoms. The number of nitrogens with zero attached hydrogens (tertiary/aromatic N) is 2. The van der Waals surface area contributed by atoms with Crippen molar-refractivity contribution < 1.29 is 14.3 Å². The highest BCUT2D eigenvalue weighted by Crippen LogP contribution is 2.21. The summed E-state index contributed by atoms with van der Waals surface area (Å²) in [6, 6.07) is 7.97. The third kappa shape index (κ3) is 4.30. The van der Waals surface area contributed by atoms with E-state index in [1.165, 1.54) is 7.11 Å². The fourth-order valence-electron chi connectivity index (χ4n) is 3.02. The highest BCUT2D eigenvalue weighted by Gasteiger charge is 2.36. The van der Waals surface area contributed by atoms with Crippen molar-refractivity contribution in [1.82, 2.24) is 10.2 Å². The summed E-state index contributed by atoms with van der Waals surface area (Å²) < 4.78 is 5.14. The Morgan fingerprint density at radius 1 is 1.48 bits per heavy atom. The molecule has 0 radical (unpaired) electrons. The molecule has 1 heterocycles. The molecule has 0 bridgehead atoms. The number of benzene rings is 1. The highest BCUT2D eigenvalue weighted by molar-refractivity contribution is 5.98. The summed E-state index contributed by atoms with van der Waals surface area (Å²) >= 11 is 0. The van der Waals surface area contributed by atoms with E-state index < -0.39 is 12.1 Å². The first-order valence-electron chi connectivity index (χ1n) is 8.66. The van der Waals surface area contributed by atoms with Gasteiger partial charge < -0.3 is 15.0 Å². The summed E-state index contributed by atoms with van der Waals surface area (Å²) in [6.45, 7) is 4.49. The van der Waals surface area contributed by atoms with Crippen LogP contribution in [-0.2, 0) is 4.79 Å². The van der Waals surface area contributed by atoms with Crippen LogP contribution in [0.1, 0.15) is 43.5 Å². The molecule has 0 spiro atoms. The van der Waals surface area contributed by atoms with Gasteiger partial charge in [0.1, 0.15) is 17.8 Å². The Bertz CT molecular complexity index is 668. The van der Waals surface area contributed by atoms with E-state index in [-0.39, 0.29) is 17.7 Å². The van der Waals surface area contributed by atoms with Gasteiger partial charge >= 0.3 is 0 Å². The molecule has 3 atom stereocenters. The Labute approximate surface area is 148 Å². The average Bonchev–Trinajstić information content (AvgIpc) is 3.13. The zero-order valence-electron chi connectivity index (χ0n) is 15.0. The van der Waals surface area contributed by atoms with Crippen molar-refractivity contribution in [2.45, 2.75) is 45.2 Å². The fraction of sp³-hybridized carbons (Fsp3) is 0.526. The van der Waals surface area contributed by atoms with Crippen LogP contribution in [0.5, 0.6) is 5.75 Å². The molecule has 25 heavy (non-hydrogen) atoms. The fourth-order valence-corrected chi connectivity index (χ4v) is 3.02. The van der Waals surface area contributed by atoms with E-state index in [1.54, 1.807) is 29.2 Å². The molecule has 1 N–H and O–H groups in total. The van der Waals surface area contributed by atoms with Crippen molar-refractivity contribution in [3.63, 3.8) is 0 Å². The minimum absolute atomic E-state index is 0.0259. The number of carbonyl (C=O) groups excluding carboxylic acids is 2. The second-order valence-corrected chi connectivity index (χ2v) is 6.39. The summed E-state index contributed by atoms with van der Waals surface area (Å²) in [4.78, 5) is 27.2. The van der Waals surface area contributed by atoms with Crippen molar-refractivity contribution in [2.75, 3.05) is 13.7 Å². The van der Waals surface area contributed by atoms with Crippen LogP contribution in [0.2, 0.25) is 0 Å². The molecule has 2 rings (SSSR count). The van der Waals surface area contributed by atoms with Gasteiger partial charge in [-0.1, -0.05) is 26.3 Å². The predicted molar refractivity (Wildman–Crippen MR) is 94.1 cm³/mol. The lowest BCUT2D eigenvalue weighted by Crippen LogP contribution is -2.52. The van der Waals surface area contributed by atoms with Crippen LogP contribution in [-0.4, -0.2) is 42.5 Å². The molecule has 0 saturated carbocycles. The molecule has 134 valence electrons. The van der Waals surface area contributed by atoms with Crippen molar-refractivity contribution in [2.24, 2.45) is 5.92 Å². The lowest BCUT2D eigenvalue weighted by atomic mass is 9.97. The number of methoxy groups -OCH3 is 1. The summed E-state index contributed by atoms with van der Waals surface area (Å²) in [5, 5.41) is 12.1. The Balaban J connectivity index is 2.18. The Kier molecular flexibility index (Phi) is 6.40. The molecule has 1 aromatic carbocycles. The number of hydrogen-bond acceptors (Lipinski definition) is 4. The number of carbonyl (C=O) groups is 2. The molecule has 0 aromatic heterocycles. The van der Waals surface area contributed by atoms with E-state index in [9.17, 15) is 14.9 Å². The van der Waals surface area contributed by atoms with E-state index in [0.29, 0.717) is 24.3 Å². The van der Waals surface area contributed by atoms with Crippen molar-refractivity contribution in [3.8, 4) is 11.8 Å². The lowest BCUT2D eigenvalue weighted by Gasteiger charge is -2.29. The quantitative estimate of drug-likeness (QED) is 0.859. The van der Waals surface area contributed by atoms with Crippen LogP contribution in [0.25, 0.3) is 0 Å². The van der Waals surface area contributed by atoms with E-state index in [0.717, 1.165) is 12.8 Å². The van der Waals surface area contributed by atoms with E-state index >= 15 is 0 Å². The average molecular weight is 343 g/mol. The zero-order valence-corrected chi connectivity index (χ0v) is 15.0. The van der Waals surface area contributed by atoms with E-state index in [4.69, 9.17) is 4.74 Å². The van der Waals surface area contributed by atoms with Crippen molar-refractivity contribution in [1.29, 1.82) is 5.26 Å². The molecular weight excluding hydrogens is 318 g/mol. The highest BCUT2D eigenvalue weighted by atomic mass is 16.5. The molecule has 1 fully saturated rings. The van der Waals surface area contributed by atoms with Gasteiger partial charge in [0.2, 0.25) is 5.91 Å². The summed E-state index contributed by atoms with van der Waals surface area (Å²) in [6.07, 6.45) is 2.26. The topological polar surface area (TPSA) is 82.4 Å². The van der Waals surface area contributed by atoms with E-state index in [2.05, 4.69) is 11.4 Å². The Hall–Kier alpha value is -2.55. The molecule has 1 aliphatic heterocycles. The van der Waals surface area contributed by atoms with Crippen molar-refractivity contribution in [3.05, 3.63) is 29.8 Å². The number of hydrogen-bond donors (Lipinski definition) is 1. The van der Waals surface area contributed by atoms with Crippen LogP contribution in [0, 0.1) is 17.2 Å². The number of nitrogens with one attached hydrogen (secondary N) is 1. The number of likely N-dealkylation sites (tertiary alicyclic amines) is 1. The largest absolute Gasteiger partial charge is 0.497 e. The maximum atomic E-state index is 12.9. The Morgan fingerprint density at radius 3 is 2.88 bits per heavy atom. The number of nitriles is 1. The molecular formula is C19H25N3O3. The third-order valence-corrected chi connectivity index (χ3v) is 4.78. The summed E-state index contributed by atoms with van der Waals surface area (Å²) in [5.41, 5.74) is 0.443. The van der Waals surface area contributed by atoms with Crippen LogP contribution >= 0.6 is 0 Å². The maximum absolute atomic E-state index is 12.9. The van der Waals surface area contributed by atoms with E-state index in [1.807, 2.05) is 13.8 Å². The molecule has 0 aliphatic carbocycles. The number of rotatable bonds is 6. The SMILES string of the molecule is CCC(C)[C@H](NC(=O)c1cccc(OC)c1)C(=O)N1CCCC1C#N. The normalized spacial score (nSPS) is 19.0. The smallest absolute Gasteiger partial charge is 0.252 e. The third-order valence-electron chi connectivity index (χ3n) is 4.78. The van der Waals surface area contributed by atoms with Crippen molar-refractivity contribution >= 4 is 11.8 Å². The summed E-state index contributed by atoms with van der Waals surface area (Å²) in [7, 11) is 1.54. The second-order valence-electron chi connectivity index (χ2n) is 6.39. The first kappa shape index (κ1) is 18.8. The van der Waals surface area contributed by atoms with Gasteiger partial charge in [0, 0.05) is 12.1 Å². The molecule has 2 amide bonds. The van der Waals surface area contributed by atoms with Gasteiger partial charge in [-0.05, 0) is 37.0 Å². The van der Waals surface area contributed by atoms with Crippen LogP contribution in [0.15, 0.2) is 24.3 Å². The molecule has 1 aromatic rings. The maximum Gasteiger partial charge on any atom is 0.252 e. The first-order valence-corrected chi connectivity index (χ1v) is 8.66. The van der Waals surface area contributed by atoms with Gasteiger partial charge in [0.05, 0.1) is 13.2 Å².